The zero-order valence-electron chi connectivity index (χ0n) is 43.9. The Morgan fingerprint density at radius 1 is 0.254 bits per heavy atom. The van der Waals surface area contributed by atoms with Crippen molar-refractivity contribution in [2.45, 2.75) is 345 Å². The Kier molecular flexibility index (Phi) is 63.5. The van der Waals surface area contributed by atoms with Crippen LogP contribution in [0.1, 0.15) is 336 Å². The summed E-state index contributed by atoms with van der Waals surface area (Å²) in [4.78, 5) is 23.2. The molecule has 0 unspecified atom stereocenters. The molecule has 2 radical (unpaired) electrons. The van der Waals surface area contributed by atoms with Gasteiger partial charge >= 0.3 is 183 Å². The Labute approximate surface area is 407 Å². The van der Waals surface area contributed by atoms with Crippen molar-refractivity contribution in [2.24, 2.45) is 0 Å². The first-order chi connectivity index (χ1) is 31.1. The SMILES string of the molecule is CCCCCCCCCCCCCCCCC[CH2][Sn][CH2]CCCCCCCCCCCCCCCCC.CCCCCCCCOC(=O)CCCCC(=O)OCCCCCCCC. The van der Waals surface area contributed by atoms with Crippen LogP contribution in [-0.4, -0.2) is 46.3 Å². The normalized spacial score (nSPS) is 11.2. The van der Waals surface area contributed by atoms with Gasteiger partial charge in [-0.3, -0.25) is 9.59 Å². The van der Waals surface area contributed by atoms with Gasteiger partial charge < -0.3 is 9.47 Å². The summed E-state index contributed by atoms with van der Waals surface area (Å²) < 4.78 is 13.8. The molecule has 0 aliphatic rings. The molecule has 0 heterocycles. The third kappa shape index (κ3) is 63.9. The maximum absolute atomic E-state index is 11.6. The Balaban J connectivity index is 0. The standard InChI is InChI=1S/C22H42O4.2C18H37.Sn/c1-3-5-7-9-11-15-19-25-21(23)17-13-14-18-22(24)26-20-16-12-10-8-6-4-2;2*1-3-5-7-9-11-13-15-17-18-16-14-12-10-8-6-4-2;/h3-20H2,1-2H3;2*1,3-18H2,2H3;. The number of unbranched alkanes of at least 4 members (excludes halogenated alkanes) is 41. The van der Waals surface area contributed by atoms with Crippen molar-refractivity contribution in [3.05, 3.63) is 0 Å². The van der Waals surface area contributed by atoms with Crippen LogP contribution < -0.4 is 0 Å². The van der Waals surface area contributed by atoms with Gasteiger partial charge in [-0.05, 0) is 25.7 Å². The van der Waals surface area contributed by atoms with Crippen molar-refractivity contribution in [3.63, 3.8) is 0 Å². The summed E-state index contributed by atoms with van der Waals surface area (Å²) in [5.74, 6) is -0.280. The van der Waals surface area contributed by atoms with E-state index in [4.69, 9.17) is 9.47 Å². The number of carbonyl (C=O) groups is 2. The minimum atomic E-state index is -0.140. The van der Waals surface area contributed by atoms with E-state index in [2.05, 4.69) is 27.7 Å². The summed E-state index contributed by atoms with van der Waals surface area (Å²) in [7, 11) is 0. The summed E-state index contributed by atoms with van der Waals surface area (Å²) in [6.45, 7) is 10.1. The molecule has 376 valence electrons. The third-order valence-corrected chi connectivity index (χ3v) is 17.0. The molecule has 0 aromatic rings. The molecule has 4 nitrogen and oxygen atoms in total. The van der Waals surface area contributed by atoms with Crippen LogP contribution in [0, 0.1) is 0 Å². The van der Waals surface area contributed by atoms with Crippen LogP contribution in [0.15, 0.2) is 0 Å². The van der Waals surface area contributed by atoms with E-state index in [1.807, 2.05) is 0 Å². The third-order valence-electron chi connectivity index (χ3n) is 12.9. The first-order valence-corrected chi connectivity index (χ1v) is 33.2. The van der Waals surface area contributed by atoms with E-state index >= 15 is 0 Å². The quantitative estimate of drug-likeness (QED) is 0.0346. The number of ether oxygens (including phenoxy) is 2. The molecule has 0 rings (SSSR count). The van der Waals surface area contributed by atoms with Crippen LogP contribution in [0.5, 0.6) is 0 Å². The van der Waals surface area contributed by atoms with Gasteiger partial charge in [0.15, 0.2) is 0 Å². The number of hydrogen-bond donors (Lipinski definition) is 0. The van der Waals surface area contributed by atoms with E-state index in [-0.39, 0.29) is 33.1 Å². The smallest absolute Gasteiger partial charge is 0.466 e. The van der Waals surface area contributed by atoms with Crippen molar-refractivity contribution >= 4 is 33.1 Å². The molecule has 0 bridgehead atoms. The van der Waals surface area contributed by atoms with Crippen LogP contribution in [0.2, 0.25) is 8.87 Å². The molecule has 0 amide bonds. The van der Waals surface area contributed by atoms with E-state index in [0.717, 1.165) is 25.7 Å². The summed E-state index contributed by atoms with van der Waals surface area (Å²) in [6, 6.07) is 0. The molecule has 63 heavy (non-hydrogen) atoms. The van der Waals surface area contributed by atoms with E-state index in [1.54, 1.807) is 21.7 Å². The molecule has 0 aromatic carbocycles. The van der Waals surface area contributed by atoms with Gasteiger partial charge in [0, 0.05) is 12.8 Å². The Hall–Kier alpha value is -0.261. The number of carbonyl (C=O) groups excluding carboxylic acids is 2. The molecular formula is C58H116O4Sn. The summed E-state index contributed by atoms with van der Waals surface area (Å²) >= 11 is 0.00985. The zero-order chi connectivity index (χ0) is 46.0. The van der Waals surface area contributed by atoms with Gasteiger partial charge in [-0.2, -0.15) is 0 Å². The van der Waals surface area contributed by atoms with E-state index < -0.39 is 0 Å². The minimum absolute atomic E-state index is 0.00985. The van der Waals surface area contributed by atoms with E-state index in [9.17, 15) is 9.59 Å². The topological polar surface area (TPSA) is 52.6 Å². The average molecular weight is 996 g/mol. The molecule has 0 aromatic heterocycles. The minimum Gasteiger partial charge on any atom is -0.466 e. The van der Waals surface area contributed by atoms with Crippen molar-refractivity contribution in [3.8, 4) is 0 Å². The first kappa shape index (κ1) is 64.8. The van der Waals surface area contributed by atoms with Gasteiger partial charge in [0.25, 0.3) is 0 Å². The average Bonchev–Trinajstić information content (AvgIpc) is 3.29. The van der Waals surface area contributed by atoms with Gasteiger partial charge in [0.2, 0.25) is 0 Å². The van der Waals surface area contributed by atoms with Crippen LogP contribution in [0.4, 0.5) is 0 Å². The molecule has 0 aliphatic heterocycles. The summed E-state index contributed by atoms with van der Waals surface area (Å²) in [5.41, 5.74) is 0. The fourth-order valence-corrected chi connectivity index (χ4v) is 12.1. The number of hydrogen-bond acceptors (Lipinski definition) is 4. The predicted molar refractivity (Wildman–Crippen MR) is 282 cm³/mol. The molecular weight excluding hydrogens is 879 g/mol. The second-order valence-corrected chi connectivity index (χ2v) is 23.8. The van der Waals surface area contributed by atoms with Crippen molar-refractivity contribution in [2.75, 3.05) is 13.2 Å². The molecule has 0 fully saturated rings. The monoisotopic (exact) mass is 997 g/mol. The van der Waals surface area contributed by atoms with Crippen LogP contribution >= 0.6 is 0 Å². The summed E-state index contributed by atoms with van der Waals surface area (Å²) in [6.07, 6.45) is 64.3. The van der Waals surface area contributed by atoms with Gasteiger partial charge in [-0.15, -0.1) is 0 Å². The van der Waals surface area contributed by atoms with Gasteiger partial charge in [0.1, 0.15) is 0 Å². The van der Waals surface area contributed by atoms with Crippen LogP contribution in [-0.2, 0) is 19.1 Å². The van der Waals surface area contributed by atoms with Crippen LogP contribution in [0.25, 0.3) is 0 Å². The predicted octanol–water partition coefficient (Wildman–Crippen LogP) is 20.4. The zero-order valence-corrected chi connectivity index (χ0v) is 46.8. The summed E-state index contributed by atoms with van der Waals surface area (Å²) in [5, 5.41) is 0. The van der Waals surface area contributed by atoms with Gasteiger partial charge in [-0.25, -0.2) is 0 Å². The molecule has 0 aliphatic carbocycles. The molecule has 0 N–H and O–H groups in total. The van der Waals surface area contributed by atoms with Crippen LogP contribution in [0.3, 0.4) is 0 Å². The van der Waals surface area contributed by atoms with E-state index in [0.29, 0.717) is 38.9 Å². The molecule has 0 spiro atoms. The Morgan fingerprint density at radius 2 is 0.444 bits per heavy atom. The van der Waals surface area contributed by atoms with Crippen molar-refractivity contribution in [1.29, 1.82) is 0 Å². The fourth-order valence-electron chi connectivity index (χ4n) is 8.54. The Bertz CT molecular complexity index is 768. The number of esters is 2. The van der Waals surface area contributed by atoms with Gasteiger partial charge in [-0.1, -0.05) is 156 Å². The second-order valence-electron chi connectivity index (χ2n) is 19.5. The fraction of sp³-hybridized carbons (Fsp3) is 0.966. The van der Waals surface area contributed by atoms with Gasteiger partial charge in [0.05, 0.1) is 13.2 Å². The second kappa shape index (κ2) is 61.7. The van der Waals surface area contributed by atoms with Crippen molar-refractivity contribution < 1.29 is 19.1 Å². The molecule has 0 saturated heterocycles. The molecule has 0 atom stereocenters. The Morgan fingerprint density at radius 3 is 0.667 bits per heavy atom. The van der Waals surface area contributed by atoms with E-state index in [1.165, 1.54) is 244 Å². The molecule has 5 heteroatoms. The number of rotatable bonds is 53. The molecule has 0 saturated carbocycles. The maximum atomic E-state index is 11.6. The first-order valence-electron chi connectivity index (χ1n) is 29.1. The van der Waals surface area contributed by atoms with Crippen molar-refractivity contribution in [1.82, 2.24) is 0 Å².